The maximum atomic E-state index is 13.6. The summed E-state index contributed by atoms with van der Waals surface area (Å²) in [4.78, 5) is 0. The summed E-state index contributed by atoms with van der Waals surface area (Å²) in [6, 6.07) is 0.766. The van der Waals surface area contributed by atoms with E-state index in [0.29, 0.717) is 28.3 Å². The van der Waals surface area contributed by atoms with Gasteiger partial charge in [0.15, 0.2) is 0 Å². The van der Waals surface area contributed by atoms with Crippen molar-refractivity contribution < 1.29 is 26.3 Å². The zero-order chi connectivity index (χ0) is 25.4. The third-order valence-corrected chi connectivity index (χ3v) is 12.7. The number of halogens is 6. The van der Waals surface area contributed by atoms with Crippen molar-refractivity contribution in [1.82, 2.24) is 9.78 Å². The fourth-order valence-electron chi connectivity index (χ4n) is 4.71. The molecule has 2 rings (SSSR count). The van der Waals surface area contributed by atoms with E-state index in [1.165, 1.54) is 17.8 Å². The van der Waals surface area contributed by atoms with Gasteiger partial charge in [0, 0.05) is 6.20 Å². The quantitative estimate of drug-likeness (QED) is 0.236. The highest BCUT2D eigenvalue weighted by Crippen LogP contribution is 2.41. The minimum atomic E-state index is -4.93. The smallest absolute Gasteiger partial charge is 0.264 e. The third kappa shape index (κ3) is 5.65. The molecule has 1 heterocycles. The molecule has 2 nitrogen and oxygen atoms in total. The highest BCUT2D eigenvalue weighted by atomic mass is 28.3. The predicted octanol–water partition coefficient (Wildman–Crippen LogP) is 8.10. The van der Waals surface area contributed by atoms with Crippen molar-refractivity contribution in [2.45, 2.75) is 83.5 Å². The fraction of sp³-hybridized carbons (Fsp3) is 0.542. The molecule has 0 aliphatic carbocycles. The molecule has 2 aromatic rings. The van der Waals surface area contributed by atoms with E-state index in [4.69, 9.17) is 0 Å². The lowest BCUT2D eigenvalue weighted by Gasteiger charge is -2.38. The van der Waals surface area contributed by atoms with Gasteiger partial charge in [-0.05, 0) is 41.2 Å². The summed E-state index contributed by atoms with van der Waals surface area (Å²) >= 11 is 0. The summed E-state index contributed by atoms with van der Waals surface area (Å²) in [5, 5.41) is 4.16. The Balaban J connectivity index is 2.48. The van der Waals surface area contributed by atoms with Gasteiger partial charge in [0.1, 0.15) is 8.07 Å². The summed E-state index contributed by atoms with van der Waals surface area (Å²) < 4.78 is 80.9. The largest absolute Gasteiger partial charge is 0.416 e. The van der Waals surface area contributed by atoms with Crippen LogP contribution in [-0.2, 0) is 12.4 Å². The zero-order valence-electron chi connectivity index (χ0n) is 19.9. The molecule has 0 aliphatic rings. The highest BCUT2D eigenvalue weighted by Gasteiger charge is 2.42. The maximum absolute atomic E-state index is 13.6. The molecule has 1 aromatic heterocycles. The first-order valence-electron chi connectivity index (χ1n) is 10.9. The van der Waals surface area contributed by atoms with Crippen molar-refractivity contribution in [1.29, 1.82) is 0 Å². The van der Waals surface area contributed by atoms with Crippen LogP contribution in [0.25, 0.3) is 0 Å². The summed E-state index contributed by atoms with van der Waals surface area (Å²) in [7, 11) is -2.00. The van der Waals surface area contributed by atoms with Crippen LogP contribution in [-0.4, -0.2) is 17.9 Å². The second-order valence-corrected chi connectivity index (χ2v) is 14.9. The summed E-state index contributed by atoms with van der Waals surface area (Å²) in [5.74, 6) is 3.19. The first kappa shape index (κ1) is 27.0. The number of aromatic nitrogens is 2. The Morgan fingerprint density at radius 1 is 0.848 bits per heavy atom. The van der Waals surface area contributed by atoms with Crippen LogP contribution in [0.4, 0.5) is 26.3 Å². The van der Waals surface area contributed by atoms with Gasteiger partial charge in [-0.3, -0.25) is 4.68 Å². The summed E-state index contributed by atoms with van der Waals surface area (Å²) in [6.45, 7) is 14.5. The molecule has 0 radical (unpaired) electrons. The monoisotopic (exact) mass is 488 g/mol. The van der Waals surface area contributed by atoms with Gasteiger partial charge < -0.3 is 0 Å². The van der Waals surface area contributed by atoms with Crippen molar-refractivity contribution in [2.24, 2.45) is 0 Å². The standard InChI is InChI=1S/C24H30F6N2Si/c1-15(2)33(16(3)4,17(5)6)11-10-19-13-31-32(14-19)18(7)21-9-8-20(23(25,26)27)12-22(21)24(28,29)30/h8-9,12-18H,1-7H3. The van der Waals surface area contributed by atoms with Gasteiger partial charge >= 0.3 is 12.4 Å². The van der Waals surface area contributed by atoms with E-state index in [0.717, 1.165) is 6.07 Å². The van der Waals surface area contributed by atoms with E-state index in [9.17, 15) is 26.3 Å². The van der Waals surface area contributed by atoms with Gasteiger partial charge in [0.25, 0.3) is 0 Å². The van der Waals surface area contributed by atoms with E-state index >= 15 is 0 Å². The Labute approximate surface area is 192 Å². The van der Waals surface area contributed by atoms with Gasteiger partial charge in [-0.15, -0.1) is 5.54 Å². The maximum Gasteiger partial charge on any atom is 0.416 e. The first-order chi connectivity index (χ1) is 15.0. The Hall–Kier alpha value is -2.21. The molecular weight excluding hydrogens is 458 g/mol. The van der Waals surface area contributed by atoms with E-state index < -0.39 is 37.6 Å². The van der Waals surface area contributed by atoms with Gasteiger partial charge in [0.2, 0.25) is 0 Å². The van der Waals surface area contributed by atoms with E-state index in [1.807, 2.05) is 0 Å². The molecule has 0 saturated heterocycles. The molecule has 0 N–H and O–H groups in total. The van der Waals surface area contributed by atoms with Crippen LogP contribution in [0.2, 0.25) is 16.6 Å². The van der Waals surface area contributed by atoms with Crippen LogP contribution < -0.4 is 0 Å². The number of rotatable bonds is 5. The van der Waals surface area contributed by atoms with Gasteiger partial charge in [-0.1, -0.05) is 53.5 Å². The molecule has 182 valence electrons. The SMILES string of the molecule is CC(c1ccc(C(F)(F)F)cc1C(F)(F)F)n1cc(C#C[Si](C(C)C)(C(C)C)C(C)C)cn1. The molecule has 33 heavy (non-hydrogen) atoms. The van der Waals surface area contributed by atoms with Crippen molar-refractivity contribution >= 4 is 8.07 Å². The van der Waals surface area contributed by atoms with Crippen LogP contribution in [0, 0.1) is 11.5 Å². The van der Waals surface area contributed by atoms with E-state index in [1.54, 1.807) is 6.20 Å². The minimum Gasteiger partial charge on any atom is -0.264 e. The van der Waals surface area contributed by atoms with Crippen molar-refractivity contribution in [3.63, 3.8) is 0 Å². The average Bonchev–Trinajstić information content (AvgIpc) is 3.14. The lowest BCUT2D eigenvalue weighted by atomic mass is 9.98. The Morgan fingerprint density at radius 3 is 1.85 bits per heavy atom. The number of hydrogen-bond donors (Lipinski definition) is 0. The van der Waals surface area contributed by atoms with Crippen molar-refractivity contribution in [3.8, 4) is 11.5 Å². The van der Waals surface area contributed by atoms with Crippen LogP contribution in [0.3, 0.4) is 0 Å². The molecule has 1 unspecified atom stereocenters. The molecule has 0 saturated carbocycles. The summed E-state index contributed by atoms with van der Waals surface area (Å²) in [6.07, 6.45) is -6.76. The molecule has 9 heteroatoms. The average molecular weight is 489 g/mol. The second-order valence-electron chi connectivity index (χ2n) is 9.33. The molecule has 0 fully saturated rings. The molecule has 1 atom stereocenters. The van der Waals surface area contributed by atoms with Crippen molar-refractivity contribution in [2.75, 3.05) is 0 Å². The normalized spacial score (nSPS) is 14.1. The Bertz CT molecular complexity index is 1000. The van der Waals surface area contributed by atoms with E-state index in [-0.39, 0.29) is 11.6 Å². The molecule has 0 bridgehead atoms. The Morgan fingerprint density at radius 2 is 1.39 bits per heavy atom. The second kappa shape index (κ2) is 9.57. The number of nitrogens with zero attached hydrogens (tertiary/aromatic N) is 2. The number of benzene rings is 1. The zero-order valence-corrected chi connectivity index (χ0v) is 20.9. The Kier molecular flexibility index (Phi) is 7.84. The molecule has 1 aromatic carbocycles. The van der Waals surface area contributed by atoms with Crippen LogP contribution in [0.15, 0.2) is 30.6 Å². The molecule has 0 amide bonds. The minimum absolute atomic E-state index is 0.157. The molecular formula is C24H30F6N2Si. The molecule has 0 spiro atoms. The van der Waals surface area contributed by atoms with Gasteiger partial charge in [-0.25, -0.2) is 0 Å². The van der Waals surface area contributed by atoms with Crippen molar-refractivity contribution in [3.05, 3.63) is 52.8 Å². The van der Waals surface area contributed by atoms with Gasteiger partial charge in [-0.2, -0.15) is 31.4 Å². The van der Waals surface area contributed by atoms with Crippen LogP contribution in [0.1, 0.15) is 76.8 Å². The lowest BCUT2D eigenvalue weighted by molar-refractivity contribution is -0.143. The van der Waals surface area contributed by atoms with Gasteiger partial charge in [0.05, 0.1) is 28.9 Å². The summed E-state index contributed by atoms with van der Waals surface area (Å²) in [5.41, 5.74) is 2.41. The lowest BCUT2D eigenvalue weighted by Crippen LogP contribution is -2.43. The highest BCUT2D eigenvalue weighted by molar-refractivity contribution is 6.90. The topological polar surface area (TPSA) is 17.8 Å². The molecule has 0 aliphatic heterocycles. The van der Waals surface area contributed by atoms with Crippen LogP contribution in [0.5, 0.6) is 0 Å². The first-order valence-corrected chi connectivity index (χ1v) is 13.1. The fourth-order valence-corrected chi connectivity index (χ4v) is 9.94. The predicted molar refractivity (Wildman–Crippen MR) is 120 cm³/mol. The number of hydrogen-bond acceptors (Lipinski definition) is 1. The number of alkyl halides is 6. The third-order valence-electron chi connectivity index (χ3n) is 6.42. The van der Waals surface area contributed by atoms with Crippen LogP contribution >= 0.6 is 0 Å². The van der Waals surface area contributed by atoms with E-state index in [2.05, 4.69) is 58.1 Å².